The number of thiophene rings is 2. The van der Waals surface area contributed by atoms with Crippen molar-refractivity contribution >= 4 is 107 Å². The van der Waals surface area contributed by atoms with Gasteiger partial charge in [0.15, 0.2) is 0 Å². The molecule has 0 saturated heterocycles. The van der Waals surface area contributed by atoms with Gasteiger partial charge in [-0.1, -0.05) is 176 Å². The van der Waals surface area contributed by atoms with E-state index in [1.165, 1.54) is 106 Å². The van der Waals surface area contributed by atoms with Crippen molar-refractivity contribution in [1.29, 1.82) is 0 Å². The lowest BCUT2D eigenvalue weighted by atomic mass is 9.89. The fourth-order valence-electron chi connectivity index (χ4n) is 10.2. The van der Waals surface area contributed by atoms with Crippen molar-refractivity contribution in [2.75, 3.05) is 4.90 Å². The highest BCUT2D eigenvalue weighted by molar-refractivity contribution is 7.27. The van der Waals surface area contributed by atoms with Crippen molar-refractivity contribution in [1.82, 2.24) is 0 Å². The van der Waals surface area contributed by atoms with E-state index in [0.717, 1.165) is 29.9 Å². The standard InChI is InChI=1S/C62H41NS2/c1-3-13-40(14-4-1)41-25-31-46(32-26-41)63(47-33-27-43(28-34-47)50-20-11-22-54-52-19-9-10-24-58(52)64-60(50)54)48-35-29-44(30-36-48)51-21-12-23-55-56-38-37-53-57(42-15-5-2-6-16-42)39-45-17-7-8-18-49(45)59(53)62(56)65-61(51)55/h1-5,7-15,17-39H,6,16H2. The number of rotatable bonds is 7. The van der Waals surface area contributed by atoms with Crippen molar-refractivity contribution in [3.63, 3.8) is 0 Å². The molecule has 10 aromatic carbocycles. The van der Waals surface area contributed by atoms with Crippen LogP contribution in [-0.2, 0) is 0 Å². The maximum Gasteiger partial charge on any atom is 0.0462 e. The molecule has 1 nitrogen and oxygen atoms in total. The molecule has 1 aliphatic carbocycles. The Morgan fingerprint density at radius 2 is 0.908 bits per heavy atom. The minimum atomic E-state index is 1.07. The highest BCUT2D eigenvalue weighted by Crippen LogP contribution is 2.47. The Kier molecular flexibility index (Phi) is 9.11. The van der Waals surface area contributed by atoms with Gasteiger partial charge >= 0.3 is 0 Å². The Bertz CT molecular complexity index is 3850. The molecule has 0 atom stereocenters. The first-order valence-electron chi connectivity index (χ1n) is 22.5. The molecule has 0 spiro atoms. The summed E-state index contributed by atoms with van der Waals surface area (Å²) < 4.78 is 5.35. The number of nitrogens with zero attached hydrogens (tertiary/aromatic N) is 1. The molecule has 0 fully saturated rings. The predicted octanol–water partition coefficient (Wildman–Crippen LogP) is 18.9. The highest BCUT2D eigenvalue weighted by atomic mass is 32.1. The van der Waals surface area contributed by atoms with Gasteiger partial charge in [-0.05, 0) is 122 Å². The number of hydrogen-bond donors (Lipinski definition) is 0. The average molecular weight is 864 g/mol. The largest absolute Gasteiger partial charge is 0.311 e. The fraction of sp³-hybridized carbons (Fsp3) is 0.0323. The van der Waals surface area contributed by atoms with Crippen LogP contribution in [0.15, 0.2) is 224 Å². The van der Waals surface area contributed by atoms with Crippen LogP contribution in [0.3, 0.4) is 0 Å². The molecule has 0 amide bonds. The molecule has 0 radical (unpaired) electrons. The van der Waals surface area contributed by atoms with Gasteiger partial charge in [0.2, 0.25) is 0 Å². The third kappa shape index (κ3) is 6.42. The van der Waals surface area contributed by atoms with E-state index in [1.807, 2.05) is 22.7 Å². The van der Waals surface area contributed by atoms with E-state index in [-0.39, 0.29) is 0 Å². The van der Waals surface area contributed by atoms with E-state index in [0.29, 0.717) is 0 Å². The number of anilines is 3. The first kappa shape index (κ1) is 37.9. The molecular weight excluding hydrogens is 823 g/mol. The molecule has 0 bridgehead atoms. The summed E-state index contributed by atoms with van der Waals surface area (Å²) in [5, 5.41) is 10.6. The predicted molar refractivity (Wildman–Crippen MR) is 285 cm³/mol. The second kappa shape index (κ2) is 15.6. The summed E-state index contributed by atoms with van der Waals surface area (Å²) in [6.07, 6.45) is 8.97. The summed E-state index contributed by atoms with van der Waals surface area (Å²) >= 11 is 3.82. The summed E-state index contributed by atoms with van der Waals surface area (Å²) in [4.78, 5) is 2.38. The molecule has 12 aromatic rings. The smallest absolute Gasteiger partial charge is 0.0462 e. The zero-order valence-corrected chi connectivity index (χ0v) is 37.2. The van der Waals surface area contributed by atoms with Gasteiger partial charge in [0.25, 0.3) is 0 Å². The Labute approximate surface area is 386 Å². The summed E-state index contributed by atoms with van der Waals surface area (Å²) in [6, 6.07) is 76.3. The van der Waals surface area contributed by atoms with Crippen LogP contribution in [-0.4, -0.2) is 0 Å². The minimum absolute atomic E-state index is 1.07. The quantitative estimate of drug-likeness (QED) is 0.144. The second-order valence-electron chi connectivity index (χ2n) is 17.1. The van der Waals surface area contributed by atoms with Crippen LogP contribution >= 0.6 is 22.7 Å². The fourth-order valence-corrected chi connectivity index (χ4v) is 12.8. The topological polar surface area (TPSA) is 3.24 Å². The molecule has 0 unspecified atom stereocenters. The first-order chi connectivity index (χ1) is 32.2. The molecule has 1 aliphatic rings. The molecule has 0 saturated carbocycles. The van der Waals surface area contributed by atoms with Gasteiger partial charge < -0.3 is 4.90 Å². The van der Waals surface area contributed by atoms with Crippen LogP contribution in [0.4, 0.5) is 17.1 Å². The molecule has 306 valence electrons. The normalized spacial score (nSPS) is 12.8. The van der Waals surface area contributed by atoms with Crippen LogP contribution in [0.25, 0.3) is 101 Å². The number of hydrogen-bond acceptors (Lipinski definition) is 3. The van der Waals surface area contributed by atoms with E-state index >= 15 is 0 Å². The van der Waals surface area contributed by atoms with E-state index in [4.69, 9.17) is 0 Å². The number of benzene rings is 10. The van der Waals surface area contributed by atoms with Crippen molar-refractivity contribution < 1.29 is 0 Å². The maximum absolute atomic E-state index is 2.41. The van der Waals surface area contributed by atoms with Crippen molar-refractivity contribution in [3.8, 4) is 33.4 Å². The minimum Gasteiger partial charge on any atom is -0.311 e. The van der Waals surface area contributed by atoms with Gasteiger partial charge in [-0.25, -0.2) is 0 Å². The Balaban J connectivity index is 0.916. The SMILES string of the molecule is C1=CCCC(c2cc3ccccc3c3c2ccc2c4cccc(-c5ccc(N(c6ccc(-c7ccccc7)cc6)c6ccc(-c7cccc8c7sc7ccccc78)cc6)cc5)c4sc23)=C1. The van der Waals surface area contributed by atoms with Crippen LogP contribution in [0, 0.1) is 0 Å². The molecule has 0 N–H and O–H groups in total. The summed E-state index contributed by atoms with van der Waals surface area (Å²) in [7, 11) is 0. The van der Waals surface area contributed by atoms with Gasteiger partial charge in [-0.15, -0.1) is 22.7 Å². The molecule has 65 heavy (non-hydrogen) atoms. The van der Waals surface area contributed by atoms with E-state index in [1.54, 1.807) is 0 Å². The van der Waals surface area contributed by atoms with Crippen molar-refractivity contribution in [2.45, 2.75) is 12.8 Å². The first-order valence-corrected chi connectivity index (χ1v) is 24.1. The van der Waals surface area contributed by atoms with Crippen LogP contribution in [0.5, 0.6) is 0 Å². The van der Waals surface area contributed by atoms with Crippen molar-refractivity contribution in [3.05, 3.63) is 230 Å². The Morgan fingerprint density at radius 3 is 1.58 bits per heavy atom. The molecule has 0 aliphatic heterocycles. The molecule has 13 rings (SSSR count). The number of allylic oxidation sites excluding steroid dienone is 4. The van der Waals surface area contributed by atoms with Crippen molar-refractivity contribution in [2.24, 2.45) is 0 Å². The lowest BCUT2D eigenvalue weighted by Gasteiger charge is -2.26. The van der Waals surface area contributed by atoms with E-state index < -0.39 is 0 Å². The van der Waals surface area contributed by atoms with E-state index in [9.17, 15) is 0 Å². The van der Waals surface area contributed by atoms with Crippen LogP contribution in [0.1, 0.15) is 18.4 Å². The average Bonchev–Trinajstić information content (AvgIpc) is 3.96. The van der Waals surface area contributed by atoms with Gasteiger partial charge in [-0.3, -0.25) is 0 Å². The third-order valence-corrected chi connectivity index (χ3v) is 15.8. The lowest BCUT2D eigenvalue weighted by Crippen LogP contribution is -2.09. The maximum atomic E-state index is 2.41. The molecule has 2 aromatic heterocycles. The van der Waals surface area contributed by atoms with Crippen LogP contribution in [0.2, 0.25) is 0 Å². The van der Waals surface area contributed by atoms with Gasteiger partial charge in [0.05, 0.1) is 0 Å². The molecule has 3 heteroatoms. The summed E-state index contributed by atoms with van der Waals surface area (Å²) in [6.45, 7) is 0. The Hall–Kier alpha value is -7.56. The van der Waals surface area contributed by atoms with Crippen LogP contribution < -0.4 is 4.90 Å². The van der Waals surface area contributed by atoms with Gasteiger partial charge in [0.1, 0.15) is 0 Å². The highest BCUT2D eigenvalue weighted by Gasteiger charge is 2.20. The summed E-state index contributed by atoms with van der Waals surface area (Å²) in [5.74, 6) is 0. The lowest BCUT2D eigenvalue weighted by molar-refractivity contribution is 1.06. The zero-order chi connectivity index (χ0) is 42.8. The summed E-state index contributed by atoms with van der Waals surface area (Å²) in [5.41, 5.74) is 13.5. The second-order valence-corrected chi connectivity index (χ2v) is 19.1. The Morgan fingerprint density at radius 1 is 0.369 bits per heavy atom. The zero-order valence-electron chi connectivity index (χ0n) is 35.5. The van der Waals surface area contributed by atoms with Gasteiger partial charge in [0, 0.05) is 62.8 Å². The van der Waals surface area contributed by atoms with E-state index in [2.05, 4.69) is 229 Å². The molecular formula is C62H41NS2. The van der Waals surface area contributed by atoms with Gasteiger partial charge in [-0.2, -0.15) is 0 Å². The number of fused-ring (bicyclic) bond motifs is 10. The third-order valence-electron chi connectivity index (χ3n) is 13.4. The monoisotopic (exact) mass is 863 g/mol. The molecule has 2 heterocycles.